The van der Waals surface area contributed by atoms with Crippen LogP contribution in [0.2, 0.25) is 5.02 Å². The van der Waals surface area contributed by atoms with Gasteiger partial charge in [-0.25, -0.2) is 4.21 Å². The Morgan fingerprint density at radius 1 is 1.05 bits per heavy atom. The minimum Gasteiger partial charge on any atom is -0.378 e. The van der Waals surface area contributed by atoms with Gasteiger partial charge in [0.25, 0.3) is 0 Å². The topological polar surface area (TPSA) is 37.3 Å². The van der Waals surface area contributed by atoms with Crippen molar-refractivity contribution in [2.24, 2.45) is 0 Å². The molecular weight excluding hydrogens is 318 g/mol. The van der Waals surface area contributed by atoms with Gasteiger partial charge in [-0.15, -0.1) is 0 Å². The monoisotopic (exact) mass is 330 g/mol. The molecule has 0 bridgehead atoms. The Bertz CT molecular complexity index is 642. The molecule has 112 valence electrons. The molecule has 2 rings (SSSR count). The molecular formula is C15H13ClF2O2S. The van der Waals surface area contributed by atoms with Gasteiger partial charge in [0, 0.05) is 9.92 Å². The average Bonchev–Trinajstić information content (AvgIpc) is 2.47. The molecule has 0 saturated heterocycles. The average molecular weight is 331 g/mol. The molecule has 1 N–H and O–H groups in total. The van der Waals surface area contributed by atoms with Gasteiger partial charge in [0.1, 0.15) is 10.8 Å². The van der Waals surface area contributed by atoms with Gasteiger partial charge in [-0.2, -0.15) is 8.78 Å². The molecule has 0 heterocycles. The van der Waals surface area contributed by atoms with Crippen LogP contribution in [0.1, 0.15) is 12.5 Å². The first kappa shape index (κ1) is 16.1. The predicted octanol–water partition coefficient (Wildman–Crippen LogP) is 3.95. The highest BCUT2D eigenvalue weighted by atomic mass is 35.5. The quantitative estimate of drug-likeness (QED) is 0.921. The van der Waals surface area contributed by atoms with Crippen LogP contribution >= 0.6 is 11.6 Å². The fraction of sp³-hybridized carbons (Fsp3) is 0.200. The van der Waals surface area contributed by atoms with Gasteiger partial charge >= 0.3 is 5.25 Å². The van der Waals surface area contributed by atoms with Crippen LogP contribution in [0.25, 0.3) is 0 Å². The van der Waals surface area contributed by atoms with E-state index in [2.05, 4.69) is 0 Å². The third-order valence-corrected chi connectivity index (χ3v) is 4.98. The zero-order valence-electron chi connectivity index (χ0n) is 11.1. The highest BCUT2D eigenvalue weighted by molar-refractivity contribution is 7.86. The van der Waals surface area contributed by atoms with E-state index in [1.807, 2.05) is 0 Å². The van der Waals surface area contributed by atoms with Gasteiger partial charge in [0.05, 0.1) is 0 Å². The van der Waals surface area contributed by atoms with E-state index >= 15 is 0 Å². The Kier molecular flexibility index (Phi) is 4.46. The fourth-order valence-electron chi connectivity index (χ4n) is 1.82. The summed E-state index contributed by atoms with van der Waals surface area (Å²) in [4.78, 5) is -0.0447. The van der Waals surface area contributed by atoms with Crippen molar-refractivity contribution in [2.75, 3.05) is 0 Å². The molecule has 0 radical (unpaired) electrons. The SMILES string of the molecule is CC(O)(c1ccc(Cl)cc1)C(F)(F)S(=O)c1ccccc1. The Balaban J connectivity index is 2.41. The summed E-state index contributed by atoms with van der Waals surface area (Å²) in [6.45, 7) is 0.942. The largest absolute Gasteiger partial charge is 0.378 e. The minimum absolute atomic E-state index is 0.0447. The van der Waals surface area contributed by atoms with Crippen molar-refractivity contribution < 1.29 is 18.1 Å². The van der Waals surface area contributed by atoms with Gasteiger partial charge < -0.3 is 5.11 Å². The molecule has 21 heavy (non-hydrogen) atoms. The lowest BCUT2D eigenvalue weighted by Crippen LogP contribution is -2.46. The second-order valence-electron chi connectivity index (χ2n) is 4.68. The molecule has 0 aromatic heterocycles. The lowest BCUT2D eigenvalue weighted by molar-refractivity contribution is -0.117. The van der Waals surface area contributed by atoms with Crippen LogP contribution in [0.15, 0.2) is 59.5 Å². The third-order valence-electron chi connectivity index (χ3n) is 3.16. The summed E-state index contributed by atoms with van der Waals surface area (Å²) >= 11 is 5.71. The van der Waals surface area contributed by atoms with E-state index in [1.165, 1.54) is 48.5 Å². The maximum absolute atomic E-state index is 14.5. The van der Waals surface area contributed by atoms with Crippen LogP contribution in [0, 0.1) is 0 Å². The number of halogens is 3. The van der Waals surface area contributed by atoms with Crippen molar-refractivity contribution in [3.8, 4) is 0 Å². The lowest BCUT2D eigenvalue weighted by Gasteiger charge is -2.32. The molecule has 0 aliphatic carbocycles. The third kappa shape index (κ3) is 3.00. The standard InChI is InChI=1S/C15H13ClF2O2S/c1-14(19,11-7-9-12(16)10-8-11)15(17,18)21(20)13-5-3-2-4-6-13/h2-10,19H,1H3. The highest BCUT2D eigenvalue weighted by Crippen LogP contribution is 2.42. The Morgan fingerprint density at radius 2 is 1.57 bits per heavy atom. The number of hydrogen-bond acceptors (Lipinski definition) is 2. The second kappa shape index (κ2) is 5.83. The van der Waals surface area contributed by atoms with Crippen LogP contribution in [0.4, 0.5) is 8.78 Å². The van der Waals surface area contributed by atoms with Crippen LogP contribution in [0.5, 0.6) is 0 Å². The zero-order chi connectivity index (χ0) is 15.7. The normalized spacial score (nSPS) is 16.2. The molecule has 2 unspecified atom stereocenters. The summed E-state index contributed by atoms with van der Waals surface area (Å²) < 4.78 is 41.1. The Labute approximate surface area is 128 Å². The summed E-state index contributed by atoms with van der Waals surface area (Å²) in [6, 6.07) is 12.7. The van der Waals surface area contributed by atoms with Gasteiger partial charge in [0.2, 0.25) is 0 Å². The first-order valence-electron chi connectivity index (χ1n) is 6.10. The first-order valence-corrected chi connectivity index (χ1v) is 7.63. The molecule has 0 aliphatic rings. The summed E-state index contributed by atoms with van der Waals surface area (Å²) in [5.41, 5.74) is -2.64. The zero-order valence-corrected chi connectivity index (χ0v) is 12.7. The number of hydrogen-bond donors (Lipinski definition) is 1. The van der Waals surface area contributed by atoms with E-state index in [4.69, 9.17) is 11.6 Å². The Hall–Kier alpha value is -1.30. The van der Waals surface area contributed by atoms with Crippen molar-refractivity contribution in [1.82, 2.24) is 0 Å². The van der Waals surface area contributed by atoms with Crippen molar-refractivity contribution in [3.63, 3.8) is 0 Å². The number of aliphatic hydroxyl groups is 1. The summed E-state index contributed by atoms with van der Waals surface area (Å²) in [6.07, 6.45) is 0. The van der Waals surface area contributed by atoms with Crippen molar-refractivity contribution >= 4 is 22.4 Å². The molecule has 0 aliphatic heterocycles. The van der Waals surface area contributed by atoms with E-state index in [-0.39, 0.29) is 10.5 Å². The number of benzene rings is 2. The first-order chi connectivity index (χ1) is 9.76. The molecule has 0 fully saturated rings. The molecule has 0 spiro atoms. The molecule has 0 saturated carbocycles. The maximum atomic E-state index is 14.5. The molecule has 2 aromatic carbocycles. The summed E-state index contributed by atoms with van der Waals surface area (Å²) in [5, 5.41) is 6.75. The fourth-order valence-corrected chi connectivity index (χ4v) is 3.12. The van der Waals surface area contributed by atoms with Crippen molar-refractivity contribution in [1.29, 1.82) is 0 Å². The van der Waals surface area contributed by atoms with E-state index < -0.39 is 21.7 Å². The molecule has 6 heteroatoms. The molecule has 2 aromatic rings. The molecule has 0 amide bonds. The summed E-state index contributed by atoms with van der Waals surface area (Å²) in [7, 11) is -2.69. The number of rotatable bonds is 4. The highest BCUT2D eigenvalue weighted by Gasteiger charge is 2.55. The van der Waals surface area contributed by atoms with Crippen LogP contribution < -0.4 is 0 Å². The van der Waals surface area contributed by atoms with E-state index in [1.54, 1.807) is 6.07 Å². The van der Waals surface area contributed by atoms with Crippen molar-refractivity contribution in [3.05, 3.63) is 65.2 Å². The lowest BCUT2D eigenvalue weighted by atomic mass is 9.96. The van der Waals surface area contributed by atoms with Crippen LogP contribution in [-0.4, -0.2) is 14.6 Å². The number of alkyl halides is 2. The Morgan fingerprint density at radius 3 is 2.10 bits per heavy atom. The summed E-state index contributed by atoms with van der Waals surface area (Å²) in [5.74, 6) is 0. The minimum atomic E-state index is -3.86. The smallest absolute Gasteiger partial charge is 0.357 e. The van der Waals surface area contributed by atoms with Gasteiger partial charge in [-0.1, -0.05) is 41.9 Å². The van der Waals surface area contributed by atoms with E-state index in [0.717, 1.165) is 6.92 Å². The van der Waals surface area contributed by atoms with Crippen molar-refractivity contribution in [2.45, 2.75) is 22.7 Å². The van der Waals surface area contributed by atoms with Crippen LogP contribution in [0.3, 0.4) is 0 Å². The molecule has 2 atom stereocenters. The maximum Gasteiger partial charge on any atom is 0.357 e. The van der Waals surface area contributed by atoms with E-state index in [9.17, 15) is 18.1 Å². The second-order valence-corrected chi connectivity index (χ2v) is 6.64. The van der Waals surface area contributed by atoms with E-state index in [0.29, 0.717) is 5.02 Å². The predicted molar refractivity (Wildman–Crippen MR) is 78.8 cm³/mol. The molecule has 2 nitrogen and oxygen atoms in total. The van der Waals surface area contributed by atoms with Gasteiger partial charge in [0.15, 0.2) is 5.60 Å². The van der Waals surface area contributed by atoms with Gasteiger partial charge in [-0.05, 0) is 36.8 Å². The van der Waals surface area contributed by atoms with Gasteiger partial charge in [-0.3, -0.25) is 0 Å². The van der Waals surface area contributed by atoms with Crippen LogP contribution in [-0.2, 0) is 16.4 Å².